The highest BCUT2D eigenvalue weighted by atomic mass is 35.5. The van der Waals surface area contributed by atoms with E-state index in [1.54, 1.807) is 28.5 Å². The molecule has 0 saturated carbocycles. The van der Waals surface area contributed by atoms with E-state index in [0.29, 0.717) is 5.02 Å². The molecule has 0 N–H and O–H groups in total. The molecule has 2 saturated heterocycles. The van der Waals surface area contributed by atoms with Crippen LogP contribution in [0.4, 0.5) is 5.69 Å². The van der Waals surface area contributed by atoms with E-state index in [2.05, 4.69) is 0 Å². The molecule has 3 unspecified atom stereocenters. The van der Waals surface area contributed by atoms with Crippen molar-refractivity contribution in [3.8, 4) is 0 Å². The first-order chi connectivity index (χ1) is 12.0. The molecule has 2 fully saturated rings. The molecule has 0 radical (unpaired) electrons. The van der Waals surface area contributed by atoms with Crippen molar-refractivity contribution in [2.45, 2.75) is 32.0 Å². The fourth-order valence-corrected chi connectivity index (χ4v) is 4.48. The molecular weight excluding hydrogens is 360 g/mol. The Morgan fingerprint density at radius 2 is 1.84 bits per heavy atom. The number of halogens is 1. The number of hydrogen-bond donors (Lipinski definition) is 0. The predicted octanol–water partition coefficient (Wildman–Crippen LogP) is 3.66. The number of imide groups is 1. The van der Waals surface area contributed by atoms with E-state index in [0.717, 1.165) is 10.6 Å². The Kier molecular flexibility index (Phi) is 4.06. The first-order valence-electron chi connectivity index (χ1n) is 8.11. The van der Waals surface area contributed by atoms with E-state index in [-0.39, 0.29) is 23.9 Å². The normalized spacial score (nSPS) is 26.0. The standard InChI is InChI=1S/C18H17ClN2O3S/c1-10(2)20-17(22)14-15(13-4-3-9-25-13)21(24-16(14)18(20)23)12-7-5-11(19)6-8-12/h3-10,14-16H,1-2H3. The molecule has 2 aliphatic rings. The summed E-state index contributed by atoms with van der Waals surface area (Å²) < 4.78 is 0. The molecular formula is C18H17ClN2O3S. The lowest BCUT2D eigenvalue weighted by Crippen LogP contribution is -2.41. The van der Waals surface area contributed by atoms with Gasteiger partial charge in [-0.05, 0) is 49.6 Å². The highest BCUT2D eigenvalue weighted by Crippen LogP contribution is 2.48. The first kappa shape index (κ1) is 16.6. The highest BCUT2D eigenvalue weighted by molar-refractivity contribution is 7.10. The molecule has 4 rings (SSSR count). The van der Waals surface area contributed by atoms with Crippen molar-refractivity contribution < 1.29 is 14.4 Å². The van der Waals surface area contributed by atoms with Crippen LogP contribution in [0.2, 0.25) is 5.02 Å². The molecule has 5 nitrogen and oxygen atoms in total. The molecule has 7 heteroatoms. The van der Waals surface area contributed by atoms with E-state index in [9.17, 15) is 9.59 Å². The minimum Gasteiger partial charge on any atom is -0.277 e. The fourth-order valence-electron chi connectivity index (χ4n) is 3.50. The van der Waals surface area contributed by atoms with Gasteiger partial charge in [0.15, 0.2) is 6.10 Å². The molecule has 1 aromatic heterocycles. The van der Waals surface area contributed by atoms with Crippen LogP contribution in [0, 0.1) is 5.92 Å². The largest absolute Gasteiger partial charge is 0.277 e. The van der Waals surface area contributed by atoms with Gasteiger partial charge in [-0.3, -0.25) is 19.3 Å². The van der Waals surface area contributed by atoms with Crippen LogP contribution in [-0.2, 0) is 14.4 Å². The second-order valence-electron chi connectivity index (χ2n) is 6.45. The number of hydroxylamine groups is 1. The van der Waals surface area contributed by atoms with Crippen molar-refractivity contribution in [3.63, 3.8) is 0 Å². The maximum atomic E-state index is 13.0. The van der Waals surface area contributed by atoms with Gasteiger partial charge in [0.05, 0.1) is 5.69 Å². The molecule has 0 bridgehead atoms. The van der Waals surface area contributed by atoms with Crippen LogP contribution in [0.5, 0.6) is 0 Å². The van der Waals surface area contributed by atoms with Crippen molar-refractivity contribution in [1.29, 1.82) is 0 Å². The summed E-state index contributed by atoms with van der Waals surface area (Å²) in [5.74, 6) is -0.966. The molecule has 0 aliphatic carbocycles. The van der Waals surface area contributed by atoms with Gasteiger partial charge in [-0.25, -0.2) is 5.06 Å². The van der Waals surface area contributed by atoms with Gasteiger partial charge in [-0.15, -0.1) is 11.3 Å². The van der Waals surface area contributed by atoms with E-state index < -0.39 is 12.0 Å². The summed E-state index contributed by atoms with van der Waals surface area (Å²) in [4.78, 5) is 34.0. The van der Waals surface area contributed by atoms with Gasteiger partial charge in [-0.2, -0.15) is 0 Å². The highest BCUT2D eigenvalue weighted by Gasteiger charge is 2.60. The maximum absolute atomic E-state index is 13.0. The number of carbonyl (C=O) groups excluding carboxylic acids is 2. The fraction of sp³-hybridized carbons (Fsp3) is 0.333. The lowest BCUT2D eigenvalue weighted by molar-refractivity contribution is -0.145. The third-order valence-electron chi connectivity index (χ3n) is 4.58. The Morgan fingerprint density at radius 3 is 2.44 bits per heavy atom. The predicted molar refractivity (Wildman–Crippen MR) is 96.3 cm³/mol. The molecule has 3 heterocycles. The van der Waals surface area contributed by atoms with Crippen LogP contribution >= 0.6 is 22.9 Å². The van der Waals surface area contributed by atoms with Gasteiger partial charge in [0.1, 0.15) is 12.0 Å². The van der Waals surface area contributed by atoms with Gasteiger partial charge in [-0.1, -0.05) is 17.7 Å². The Bertz CT molecular complexity index is 806. The van der Waals surface area contributed by atoms with Crippen LogP contribution in [0.3, 0.4) is 0 Å². The average Bonchev–Trinajstić information content (AvgIpc) is 3.26. The number of thiophene rings is 1. The van der Waals surface area contributed by atoms with Crippen LogP contribution in [0.1, 0.15) is 24.8 Å². The van der Waals surface area contributed by atoms with Gasteiger partial charge >= 0.3 is 0 Å². The van der Waals surface area contributed by atoms with Crippen LogP contribution in [0.15, 0.2) is 41.8 Å². The first-order valence-corrected chi connectivity index (χ1v) is 9.36. The van der Waals surface area contributed by atoms with E-state index in [4.69, 9.17) is 16.4 Å². The number of nitrogens with zero attached hydrogens (tertiary/aromatic N) is 2. The van der Waals surface area contributed by atoms with Gasteiger partial charge in [0, 0.05) is 15.9 Å². The summed E-state index contributed by atoms with van der Waals surface area (Å²) in [7, 11) is 0. The Morgan fingerprint density at radius 1 is 1.12 bits per heavy atom. The topological polar surface area (TPSA) is 49.9 Å². The van der Waals surface area contributed by atoms with Crippen molar-refractivity contribution in [3.05, 3.63) is 51.7 Å². The van der Waals surface area contributed by atoms with Crippen molar-refractivity contribution >= 4 is 40.4 Å². The molecule has 3 atom stereocenters. The van der Waals surface area contributed by atoms with Gasteiger partial charge in [0.2, 0.25) is 5.91 Å². The number of benzene rings is 1. The monoisotopic (exact) mass is 376 g/mol. The average molecular weight is 377 g/mol. The van der Waals surface area contributed by atoms with Gasteiger partial charge < -0.3 is 0 Å². The van der Waals surface area contributed by atoms with Crippen LogP contribution < -0.4 is 5.06 Å². The number of anilines is 1. The molecule has 0 spiro atoms. The molecule has 2 aliphatic heterocycles. The lowest BCUT2D eigenvalue weighted by atomic mass is 9.95. The number of likely N-dealkylation sites (tertiary alicyclic amines) is 1. The lowest BCUT2D eigenvalue weighted by Gasteiger charge is -2.28. The number of carbonyl (C=O) groups is 2. The Hall–Kier alpha value is -1.89. The summed E-state index contributed by atoms with van der Waals surface area (Å²) in [6.45, 7) is 3.68. The van der Waals surface area contributed by atoms with Crippen LogP contribution in [-0.4, -0.2) is 28.9 Å². The van der Waals surface area contributed by atoms with E-state index in [1.807, 2.05) is 43.5 Å². The second kappa shape index (κ2) is 6.12. The molecule has 2 amide bonds. The van der Waals surface area contributed by atoms with Crippen molar-refractivity contribution in [2.75, 3.05) is 5.06 Å². The number of rotatable bonds is 3. The molecule has 25 heavy (non-hydrogen) atoms. The second-order valence-corrected chi connectivity index (χ2v) is 7.87. The molecule has 130 valence electrons. The van der Waals surface area contributed by atoms with Gasteiger partial charge in [0.25, 0.3) is 5.91 Å². The zero-order chi connectivity index (χ0) is 17.7. The third-order valence-corrected chi connectivity index (χ3v) is 5.78. The summed E-state index contributed by atoms with van der Waals surface area (Å²) in [6.07, 6.45) is -0.780. The molecule has 1 aromatic carbocycles. The zero-order valence-electron chi connectivity index (χ0n) is 13.8. The van der Waals surface area contributed by atoms with E-state index >= 15 is 0 Å². The summed E-state index contributed by atoms with van der Waals surface area (Å²) >= 11 is 7.53. The van der Waals surface area contributed by atoms with Crippen LogP contribution in [0.25, 0.3) is 0 Å². The third kappa shape index (κ3) is 2.56. The van der Waals surface area contributed by atoms with Crippen molar-refractivity contribution in [2.24, 2.45) is 5.92 Å². The molecule has 2 aromatic rings. The minimum atomic E-state index is -0.780. The SMILES string of the molecule is CC(C)N1C(=O)C2ON(c3ccc(Cl)cc3)C(c3cccs3)C2C1=O. The summed E-state index contributed by atoms with van der Waals surface area (Å²) in [6, 6.07) is 10.6. The smallest absolute Gasteiger partial charge is 0.262 e. The quantitative estimate of drug-likeness (QED) is 0.767. The van der Waals surface area contributed by atoms with E-state index in [1.165, 1.54) is 4.90 Å². The maximum Gasteiger partial charge on any atom is 0.262 e. The summed E-state index contributed by atoms with van der Waals surface area (Å²) in [5, 5.41) is 4.27. The number of amides is 2. The zero-order valence-corrected chi connectivity index (χ0v) is 15.3. The Labute approximate surface area is 154 Å². The van der Waals surface area contributed by atoms with Crippen molar-refractivity contribution in [1.82, 2.24) is 4.90 Å². The minimum absolute atomic E-state index is 0.167. The number of fused-ring (bicyclic) bond motifs is 1. The number of hydrogen-bond acceptors (Lipinski definition) is 5. The summed E-state index contributed by atoms with van der Waals surface area (Å²) in [5.41, 5.74) is 0.772. The Balaban J connectivity index is 1.77.